The number of hydrogen-bond acceptors (Lipinski definition) is 3. The Balaban J connectivity index is 1.80. The highest BCUT2D eigenvalue weighted by Crippen LogP contribution is 2.43. The third-order valence-corrected chi connectivity index (χ3v) is 5.62. The molecule has 0 bridgehead atoms. The van der Waals surface area contributed by atoms with Crippen molar-refractivity contribution in [3.8, 4) is 0 Å². The molecule has 94 valence electrons. The molecule has 3 atom stereocenters. The van der Waals surface area contributed by atoms with E-state index >= 15 is 0 Å². The summed E-state index contributed by atoms with van der Waals surface area (Å²) in [6.45, 7) is 5.76. The second-order valence-corrected chi connectivity index (χ2v) is 7.07. The van der Waals surface area contributed by atoms with Crippen molar-refractivity contribution >= 4 is 11.8 Å². The molecule has 3 unspecified atom stereocenters. The lowest BCUT2D eigenvalue weighted by Crippen LogP contribution is -2.41. The molecule has 1 aliphatic carbocycles. The van der Waals surface area contributed by atoms with Crippen LogP contribution in [-0.2, 0) is 4.74 Å². The van der Waals surface area contributed by atoms with Crippen LogP contribution in [0.4, 0.5) is 0 Å². The fraction of sp³-hybridized carbons (Fsp3) is 1.00. The zero-order chi connectivity index (χ0) is 11.6. The molecule has 1 aliphatic heterocycles. The van der Waals surface area contributed by atoms with Crippen molar-refractivity contribution in [1.29, 1.82) is 0 Å². The SMILES string of the molecule is CNC1C(SCC2CCCO2)CCC1(C)C. The highest BCUT2D eigenvalue weighted by Gasteiger charge is 2.41. The van der Waals surface area contributed by atoms with Crippen molar-refractivity contribution in [1.82, 2.24) is 5.32 Å². The molecule has 3 heteroatoms. The molecule has 1 heterocycles. The van der Waals surface area contributed by atoms with E-state index in [2.05, 4.69) is 38.0 Å². The Morgan fingerprint density at radius 2 is 2.19 bits per heavy atom. The summed E-state index contributed by atoms with van der Waals surface area (Å²) >= 11 is 2.13. The van der Waals surface area contributed by atoms with Crippen molar-refractivity contribution in [2.75, 3.05) is 19.4 Å². The van der Waals surface area contributed by atoms with Crippen molar-refractivity contribution in [3.63, 3.8) is 0 Å². The van der Waals surface area contributed by atoms with E-state index in [1.807, 2.05) is 0 Å². The molecule has 2 nitrogen and oxygen atoms in total. The normalized spacial score (nSPS) is 38.1. The van der Waals surface area contributed by atoms with Crippen LogP contribution in [0.5, 0.6) is 0 Å². The molecule has 1 N–H and O–H groups in total. The average Bonchev–Trinajstić information content (AvgIpc) is 2.82. The van der Waals surface area contributed by atoms with Gasteiger partial charge in [-0.15, -0.1) is 0 Å². The van der Waals surface area contributed by atoms with E-state index in [4.69, 9.17) is 4.74 Å². The maximum absolute atomic E-state index is 5.69. The Bertz CT molecular complexity index is 226. The second-order valence-electron chi connectivity index (χ2n) is 5.80. The van der Waals surface area contributed by atoms with E-state index in [1.54, 1.807) is 0 Å². The van der Waals surface area contributed by atoms with E-state index in [9.17, 15) is 0 Å². The molecule has 0 aromatic carbocycles. The summed E-state index contributed by atoms with van der Waals surface area (Å²) in [4.78, 5) is 0. The lowest BCUT2D eigenvalue weighted by atomic mass is 9.87. The van der Waals surface area contributed by atoms with Crippen molar-refractivity contribution in [2.24, 2.45) is 5.41 Å². The van der Waals surface area contributed by atoms with Gasteiger partial charge in [-0.25, -0.2) is 0 Å². The van der Waals surface area contributed by atoms with Gasteiger partial charge < -0.3 is 10.1 Å². The van der Waals surface area contributed by atoms with Gasteiger partial charge in [0.15, 0.2) is 0 Å². The summed E-state index contributed by atoms with van der Waals surface area (Å²) in [6, 6.07) is 0.666. The zero-order valence-electron chi connectivity index (χ0n) is 10.8. The van der Waals surface area contributed by atoms with E-state index in [0.717, 1.165) is 11.9 Å². The van der Waals surface area contributed by atoms with Gasteiger partial charge in [-0.05, 0) is 38.1 Å². The first-order valence-electron chi connectivity index (χ1n) is 6.54. The fourth-order valence-corrected chi connectivity index (χ4v) is 4.81. The molecular weight excluding hydrogens is 218 g/mol. The Hall–Kier alpha value is 0.270. The van der Waals surface area contributed by atoms with Crippen LogP contribution < -0.4 is 5.32 Å². The van der Waals surface area contributed by atoms with Crippen LogP contribution in [-0.4, -0.2) is 36.8 Å². The van der Waals surface area contributed by atoms with Crippen molar-refractivity contribution in [3.05, 3.63) is 0 Å². The first-order chi connectivity index (χ1) is 7.63. The highest BCUT2D eigenvalue weighted by molar-refractivity contribution is 8.00. The lowest BCUT2D eigenvalue weighted by molar-refractivity contribution is 0.128. The zero-order valence-corrected chi connectivity index (χ0v) is 11.6. The number of thioether (sulfide) groups is 1. The lowest BCUT2D eigenvalue weighted by Gasteiger charge is -2.30. The largest absolute Gasteiger partial charge is 0.377 e. The molecule has 0 aromatic rings. The Labute approximate surface area is 104 Å². The molecular formula is C13H25NOS. The molecule has 0 spiro atoms. The van der Waals surface area contributed by atoms with Crippen molar-refractivity contribution < 1.29 is 4.74 Å². The standard InChI is InChI=1S/C13H25NOS/c1-13(2)7-6-11(12(13)14-3)16-9-10-5-4-8-15-10/h10-12,14H,4-9H2,1-3H3. The molecule has 2 rings (SSSR count). The van der Waals surface area contributed by atoms with E-state index in [0.29, 0.717) is 17.6 Å². The van der Waals surface area contributed by atoms with E-state index in [1.165, 1.54) is 31.4 Å². The third-order valence-electron chi connectivity index (χ3n) is 4.12. The van der Waals surface area contributed by atoms with Gasteiger partial charge in [-0.2, -0.15) is 11.8 Å². The number of nitrogens with one attached hydrogen (secondary N) is 1. The van der Waals surface area contributed by atoms with Crippen LogP contribution in [0.1, 0.15) is 39.5 Å². The summed E-state index contributed by atoms with van der Waals surface area (Å²) in [6.07, 6.45) is 5.77. The summed E-state index contributed by atoms with van der Waals surface area (Å²) in [5, 5.41) is 4.30. The highest BCUT2D eigenvalue weighted by atomic mass is 32.2. The first-order valence-corrected chi connectivity index (χ1v) is 7.59. The summed E-state index contributed by atoms with van der Waals surface area (Å²) in [7, 11) is 2.11. The predicted molar refractivity (Wildman–Crippen MR) is 71.1 cm³/mol. The van der Waals surface area contributed by atoms with Crippen LogP contribution in [0, 0.1) is 5.41 Å². The van der Waals surface area contributed by atoms with Gasteiger partial charge in [-0.1, -0.05) is 13.8 Å². The predicted octanol–water partition coefficient (Wildman–Crippen LogP) is 2.68. The van der Waals surface area contributed by atoms with Gasteiger partial charge in [0.05, 0.1) is 6.10 Å². The van der Waals surface area contributed by atoms with Gasteiger partial charge in [-0.3, -0.25) is 0 Å². The second kappa shape index (κ2) is 5.28. The maximum Gasteiger partial charge on any atom is 0.0666 e. The van der Waals surface area contributed by atoms with E-state index in [-0.39, 0.29) is 0 Å². The molecule has 0 amide bonds. The minimum atomic E-state index is 0.461. The van der Waals surface area contributed by atoms with Gasteiger partial charge in [0, 0.05) is 23.7 Å². The fourth-order valence-electron chi connectivity index (χ4n) is 3.10. The quantitative estimate of drug-likeness (QED) is 0.820. The molecule has 1 saturated carbocycles. The monoisotopic (exact) mass is 243 g/mol. The summed E-state index contributed by atoms with van der Waals surface area (Å²) < 4.78 is 5.69. The molecule has 1 saturated heterocycles. The smallest absolute Gasteiger partial charge is 0.0666 e. The molecule has 0 aromatic heterocycles. The molecule has 0 radical (unpaired) electrons. The topological polar surface area (TPSA) is 21.3 Å². The van der Waals surface area contributed by atoms with Gasteiger partial charge in [0.25, 0.3) is 0 Å². The van der Waals surface area contributed by atoms with Gasteiger partial charge >= 0.3 is 0 Å². The molecule has 16 heavy (non-hydrogen) atoms. The molecule has 2 aliphatic rings. The van der Waals surface area contributed by atoms with Crippen LogP contribution in [0.3, 0.4) is 0 Å². The Morgan fingerprint density at radius 1 is 1.38 bits per heavy atom. The Morgan fingerprint density at radius 3 is 2.81 bits per heavy atom. The van der Waals surface area contributed by atoms with Crippen LogP contribution >= 0.6 is 11.8 Å². The minimum absolute atomic E-state index is 0.461. The first kappa shape index (κ1) is 12.7. The minimum Gasteiger partial charge on any atom is -0.377 e. The van der Waals surface area contributed by atoms with Crippen molar-refractivity contribution in [2.45, 2.75) is 56.9 Å². The molecule has 2 fully saturated rings. The summed E-state index contributed by atoms with van der Waals surface area (Å²) in [5.74, 6) is 1.19. The maximum atomic E-state index is 5.69. The van der Waals surface area contributed by atoms with Crippen LogP contribution in [0.25, 0.3) is 0 Å². The van der Waals surface area contributed by atoms with Gasteiger partial charge in [0.1, 0.15) is 0 Å². The summed E-state index contributed by atoms with van der Waals surface area (Å²) in [5.41, 5.74) is 0.461. The number of hydrogen-bond donors (Lipinski definition) is 1. The number of ether oxygens (including phenoxy) is 1. The number of rotatable bonds is 4. The van der Waals surface area contributed by atoms with Crippen LogP contribution in [0.2, 0.25) is 0 Å². The third kappa shape index (κ3) is 2.74. The van der Waals surface area contributed by atoms with Crippen LogP contribution in [0.15, 0.2) is 0 Å². The average molecular weight is 243 g/mol. The van der Waals surface area contributed by atoms with Gasteiger partial charge in [0.2, 0.25) is 0 Å². The Kier molecular flexibility index (Phi) is 4.20. The van der Waals surface area contributed by atoms with E-state index < -0.39 is 0 Å².